The van der Waals surface area contributed by atoms with Crippen molar-refractivity contribution in [1.82, 2.24) is 10.6 Å². The van der Waals surface area contributed by atoms with Crippen LogP contribution in [0.5, 0.6) is 5.75 Å². The fraction of sp³-hybridized carbons (Fsp3) is 0.429. The first-order chi connectivity index (χ1) is 9.65. The molecule has 0 unspecified atom stereocenters. The Morgan fingerprint density at radius 2 is 1.95 bits per heavy atom. The largest absolute Gasteiger partial charge is 0.483 e. The number of benzene rings is 1. The second-order valence-electron chi connectivity index (χ2n) is 4.26. The van der Waals surface area contributed by atoms with Crippen molar-refractivity contribution in [2.24, 2.45) is 5.73 Å². The van der Waals surface area contributed by atoms with Gasteiger partial charge in [0, 0.05) is 13.1 Å². The van der Waals surface area contributed by atoms with E-state index in [0.29, 0.717) is 24.4 Å². The van der Waals surface area contributed by atoms with Crippen molar-refractivity contribution in [3.8, 4) is 5.75 Å². The third-order valence-electron chi connectivity index (χ3n) is 2.52. The van der Waals surface area contributed by atoms with E-state index >= 15 is 0 Å². The van der Waals surface area contributed by atoms with Gasteiger partial charge >= 0.3 is 0 Å². The van der Waals surface area contributed by atoms with E-state index in [9.17, 15) is 9.59 Å². The van der Waals surface area contributed by atoms with Gasteiger partial charge in [0.1, 0.15) is 5.75 Å². The lowest BCUT2D eigenvalue weighted by Crippen LogP contribution is -2.32. The number of nitrogens with two attached hydrogens (primary N) is 1. The van der Waals surface area contributed by atoms with Gasteiger partial charge in [-0.25, -0.2) is 0 Å². The summed E-state index contributed by atoms with van der Waals surface area (Å²) in [6.07, 6.45) is 1.05. The molecule has 2 amide bonds. The summed E-state index contributed by atoms with van der Waals surface area (Å²) in [6, 6.07) is 6.75. The van der Waals surface area contributed by atoms with Crippen molar-refractivity contribution in [3.63, 3.8) is 0 Å². The number of carbonyl (C=O) groups is 2. The van der Waals surface area contributed by atoms with E-state index in [1.165, 1.54) is 0 Å². The van der Waals surface area contributed by atoms with Gasteiger partial charge in [0.05, 0.1) is 5.56 Å². The zero-order valence-corrected chi connectivity index (χ0v) is 11.6. The molecule has 1 aromatic rings. The Morgan fingerprint density at radius 1 is 1.20 bits per heavy atom. The summed E-state index contributed by atoms with van der Waals surface area (Å²) in [7, 11) is 0. The Kier molecular flexibility index (Phi) is 7.13. The molecule has 20 heavy (non-hydrogen) atoms. The number of carbonyl (C=O) groups excluding carboxylic acids is 2. The van der Waals surface area contributed by atoms with Gasteiger partial charge in [-0.15, -0.1) is 0 Å². The maximum absolute atomic E-state index is 12.0. The van der Waals surface area contributed by atoms with Gasteiger partial charge in [-0.1, -0.05) is 19.1 Å². The predicted octanol–water partition coefficient (Wildman–Crippen LogP) is 0.280. The van der Waals surface area contributed by atoms with Gasteiger partial charge in [-0.2, -0.15) is 0 Å². The third-order valence-corrected chi connectivity index (χ3v) is 2.52. The number of para-hydroxylation sites is 1. The Balaban J connectivity index is 2.51. The number of primary amides is 1. The number of rotatable bonds is 9. The fourth-order valence-corrected chi connectivity index (χ4v) is 1.59. The van der Waals surface area contributed by atoms with Crippen LogP contribution in [0, 0.1) is 0 Å². The molecular weight excluding hydrogens is 258 g/mol. The van der Waals surface area contributed by atoms with Crippen molar-refractivity contribution in [3.05, 3.63) is 29.8 Å². The molecule has 110 valence electrons. The summed E-state index contributed by atoms with van der Waals surface area (Å²) in [5.74, 6) is -0.460. The van der Waals surface area contributed by atoms with E-state index in [-0.39, 0.29) is 12.5 Å². The molecule has 6 nitrogen and oxygen atoms in total. The van der Waals surface area contributed by atoms with E-state index in [1.54, 1.807) is 24.3 Å². The molecule has 0 radical (unpaired) electrons. The van der Waals surface area contributed by atoms with Crippen LogP contribution in [0.3, 0.4) is 0 Å². The van der Waals surface area contributed by atoms with E-state index in [0.717, 1.165) is 13.0 Å². The molecule has 0 atom stereocenters. The fourth-order valence-electron chi connectivity index (χ4n) is 1.59. The molecule has 0 aliphatic carbocycles. The van der Waals surface area contributed by atoms with Gasteiger partial charge in [0.25, 0.3) is 11.8 Å². The topological polar surface area (TPSA) is 93.4 Å². The van der Waals surface area contributed by atoms with Crippen LogP contribution < -0.4 is 21.1 Å². The Morgan fingerprint density at radius 3 is 2.65 bits per heavy atom. The van der Waals surface area contributed by atoms with Crippen molar-refractivity contribution < 1.29 is 14.3 Å². The molecule has 6 heteroatoms. The van der Waals surface area contributed by atoms with Crippen molar-refractivity contribution in [1.29, 1.82) is 0 Å². The quantitative estimate of drug-likeness (QED) is 0.566. The molecule has 1 aromatic carbocycles. The molecule has 0 heterocycles. The lowest BCUT2D eigenvalue weighted by atomic mass is 10.2. The molecule has 0 aliphatic heterocycles. The SMILES string of the molecule is CCCNCCNC(=O)c1ccccc1OCC(N)=O. The number of hydrogen-bond donors (Lipinski definition) is 3. The molecule has 0 saturated heterocycles. The van der Waals surface area contributed by atoms with Crippen molar-refractivity contribution >= 4 is 11.8 Å². The molecule has 0 aromatic heterocycles. The summed E-state index contributed by atoms with van der Waals surface area (Å²) < 4.78 is 5.21. The zero-order valence-electron chi connectivity index (χ0n) is 11.6. The van der Waals surface area contributed by atoms with Crippen LogP contribution in [0.1, 0.15) is 23.7 Å². The second kappa shape index (κ2) is 8.92. The van der Waals surface area contributed by atoms with Crippen LogP contribution in [0.4, 0.5) is 0 Å². The van der Waals surface area contributed by atoms with E-state index in [2.05, 4.69) is 17.6 Å². The van der Waals surface area contributed by atoms with E-state index in [4.69, 9.17) is 10.5 Å². The lowest BCUT2D eigenvalue weighted by molar-refractivity contribution is -0.119. The first-order valence-electron chi connectivity index (χ1n) is 6.64. The second-order valence-corrected chi connectivity index (χ2v) is 4.26. The first-order valence-corrected chi connectivity index (χ1v) is 6.64. The van der Waals surface area contributed by atoms with Gasteiger partial charge < -0.3 is 21.1 Å². The van der Waals surface area contributed by atoms with Crippen LogP contribution >= 0.6 is 0 Å². The third kappa shape index (κ3) is 5.71. The summed E-state index contributed by atoms with van der Waals surface area (Å²) in [5, 5.41) is 5.98. The Labute approximate surface area is 118 Å². The highest BCUT2D eigenvalue weighted by Crippen LogP contribution is 2.17. The van der Waals surface area contributed by atoms with Crippen LogP contribution in [0.2, 0.25) is 0 Å². The molecule has 0 saturated carbocycles. The van der Waals surface area contributed by atoms with Gasteiger partial charge in [0.15, 0.2) is 6.61 Å². The maximum atomic E-state index is 12.0. The summed E-state index contributed by atoms with van der Waals surface area (Å²) >= 11 is 0. The Bertz CT molecular complexity index is 449. The minimum absolute atomic E-state index is 0.233. The normalized spacial score (nSPS) is 10.1. The number of hydrogen-bond acceptors (Lipinski definition) is 4. The molecule has 4 N–H and O–H groups in total. The average Bonchev–Trinajstić information content (AvgIpc) is 2.45. The lowest BCUT2D eigenvalue weighted by Gasteiger charge is -2.10. The highest BCUT2D eigenvalue weighted by atomic mass is 16.5. The van der Waals surface area contributed by atoms with Gasteiger partial charge in [0.2, 0.25) is 0 Å². The van der Waals surface area contributed by atoms with Crippen LogP contribution in [-0.4, -0.2) is 38.1 Å². The predicted molar refractivity (Wildman–Crippen MR) is 76.6 cm³/mol. The van der Waals surface area contributed by atoms with Crippen LogP contribution in [0.15, 0.2) is 24.3 Å². The van der Waals surface area contributed by atoms with Crippen molar-refractivity contribution in [2.75, 3.05) is 26.2 Å². The highest BCUT2D eigenvalue weighted by Gasteiger charge is 2.11. The molecule has 1 rings (SSSR count). The molecule has 0 aliphatic rings. The zero-order chi connectivity index (χ0) is 14.8. The van der Waals surface area contributed by atoms with Gasteiger partial charge in [-0.3, -0.25) is 9.59 Å². The summed E-state index contributed by atoms with van der Waals surface area (Å²) in [4.78, 5) is 22.7. The monoisotopic (exact) mass is 279 g/mol. The number of amides is 2. The van der Waals surface area contributed by atoms with Crippen molar-refractivity contribution in [2.45, 2.75) is 13.3 Å². The highest BCUT2D eigenvalue weighted by molar-refractivity contribution is 5.97. The minimum Gasteiger partial charge on any atom is -0.483 e. The Hall–Kier alpha value is -2.08. The number of nitrogens with one attached hydrogen (secondary N) is 2. The first kappa shape index (κ1) is 16.0. The van der Waals surface area contributed by atoms with Gasteiger partial charge in [-0.05, 0) is 25.1 Å². The molecule has 0 bridgehead atoms. The average molecular weight is 279 g/mol. The standard InChI is InChI=1S/C14H21N3O3/c1-2-7-16-8-9-17-14(19)11-5-3-4-6-12(11)20-10-13(15)18/h3-6,16H,2,7-10H2,1H3,(H2,15,18)(H,17,19). The minimum atomic E-state index is -0.580. The molecule has 0 spiro atoms. The summed E-state index contributed by atoms with van der Waals surface area (Å²) in [6.45, 7) is 4.00. The smallest absolute Gasteiger partial charge is 0.255 e. The molecular formula is C14H21N3O3. The summed E-state index contributed by atoms with van der Waals surface area (Å²) in [5.41, 5.74) is 5.41. The van der Waals surface area contributed by atoms with Crippen LogP contribution in [0.25, 0.3) is 0 Å². The van der Waals surface area contributed by atoms with E-state index < -0.39 is 5.91 Å². The van der Waals surface area contributed by atoms with Crippen LogP contribution in [-0.2, 0) is 4.79 Å². The van der Waals surface area contributed by atoms with E-state index in [1.807, 2.05) is 0 Å². The molecule has 0 fully saturated rings. The number of ether oxygens (including phenoxy) is 1. The maximum Gasteiger partial charge on any atom is 0.255 e.